The molecule has 0 spiro atoms. The van der Waals surface area contributed by atoms with Gasteiger partial charge in [-0.3, -0.25) is 0 Å². The predicted octanol–water partition coefficient (Wildman–Crippen LogP) is 2.71. The number of hydrogen-bond acceptors (Lipinski definition) is 2. The fourth-order valence-corrected chi connectivity index (χ4v) is 1.12. The van der Waals surface area contributed by atoms with Crippen LogP contribution in [0.4, 0.5) is 0 Å². The van der Waals surface area contributed by atoms with Crippen LogP contribution in [0.25, 0.3) is 0 Å². The van der Waals surface area contributed by atoms with Gasteiger partial charge in [-0.1, -0.05) is 23.2 Å². The van der Waals surface area contributed by atoms with Crippen molar-refractivity contribution in [3.05, 3.63) is 21.7 Å². The SMILES string of the molecule is Cc1cc(O)c(Cl)c(Cl)c1O. The molecule has 0 fully saturated rings. The van der Waals surface area contributed by atoms with Gasteiger partial charge in [0.15, 0.2) is 0 Å². The number of hydrogen-bond donors (Lipinski definition) is 2. The van der Waals surface area contributed by atoms with E-state index in [1.807, 2.05) is 0 Å². The standard InChI is InChI=1S/C7H6Cl2O2/c1-3-2-4(10)5(8)6(9)7(3)11/h2,10-11H,1H3. The van der Waals surface area contributed by atoms with Crippen molar-refractivity contribution in [2.75, 3.05) is 0 Å². The molecule has 1 aromatic carbocycles. The molecule has 0 amide bonds. The minimum absolute atomic E-state index is 0.0100. The highest BCUT2D eigenvalue weighted by Crippen LogP contribution is 2.39. The lowest BCUT2D eigenvalue weighted by Crippen LogP contribution is -1.78. The van der Waals surface area contributed by atoms with E-state index in [4.69, 9.17) is 28.3 Å². The molecule has 0 atom stereocenters. The van der Waals surface area contributed by atoms with Crippen molar-refractivity contribution < 1.29 is 10.2 Å². The second-order valence-corrected chi connectivity index (χ2v) is 2.95. The minimum atomic E-state index is -0.119. The van der Waals surface area contributed by atoms with Crippen molar-refractivity contribution >= 4 is 23.2 Å². The molecule has 0 aliphatic carbocycles. The lowest BCUT2D eigenvalue weighted by molar-refractivity contribution is 0.457. The molecule has 0 aliphatic rings. The Morgan fingerprint density at radius 1 is 1.18 bits per heavy atom. The lowest BCUT2D eigenvalue weighted by atomic mass is 10.2. The summed E-state index contributed by atoms with van der Waals surface area (Å²) in [6.45, 7) is 1.62. The zero-order valence-corrected chi connectivity index (χ0v) is 7.24. The molecule has 0 saturated heterocycles. The van der Waals surface area contributed by atoms with Gasteiger partial charge in [0.05, 0.1) is 0 Å². The van der Waals surface area contributed by atoms with E-state index in [-0.39, 0.29) is 21.5 Å². The summed E-state index contributed by atoms with van der Waals surface area (Å²) in [5.41, 5.74) is 0.497. The van der Waals surface area contributed by atoms with Crippen LogP contribution in [0.1, 0.15) is 5.56 Å². The van der Waals surface area contributed by atoms with Crippen LogP contribution in [0, 0.1) is 6.92 Å². The fourth-order valence-electron chi connectivity index (χ4n) is 0.726. The Morgan fingerprint density at radius 2 is 1.73 bits per heavy atom. The van der Waals surface area contributed by atoms with E-state index < -0.39 is 0 Å². The molecule has 0 bridgehead atoms. The number of rotatable bonds is 0. The van der Waals surface area contributed by atoms with Gasteiger partial charge in [-0.2, -0.15) is 0 Å². The molecule has 11 heavy (non-hydrogen) atoms. The lowest BCUT2D eigenvalue weighted by Gasteiger charge is -2.04. The molecule has 1 aromatic rings. The van der Waals surface area contributed by atoms with Crippen LogP contribution < -0.4 is 0 Å². The molecular weight excluding hydrogens is 187 g/mol. The maximum Gasteiger partial charge on any atom is 0.138 e. The van der Waals surface area contributed by atoms with E-state index in [1.165, 1.54) is 6.07 Å². The zero-order chi connectivity index (χ0) is 8.59. The first-order valence-electron chi connectivity index (χ1n) is 2.90. The van der Waals surface area contributed by atoms with E-state index in [1.54, 1.807) is 6.92 Å². The molecule has 0 unspecified atom stereocenters. The molecular formula is C7H6Cl2O2. The van der Waals surface area contributed by atoms with Gasteiger partial charge in [0, 0.05) is 0 Å². The van der Waals surface area contributed by atoms with Crippen molar-refractivity contribution in [1.82, 2.24) is 0 Å². The van der Waals surface area contributed by atoms with Crippen molar-refractivity contribution in [2.45, 2.75) is 6.92 Å². The number of aromatic hydroxyl groups is 2. The van der Waals surface area contributed by atoms with Crippen molar-refractivity contribution in [2.24, 2.45) is 0 Å². The Kier molecular flexibility index (Phi) is 2.16. The number of phenols is 2. The van der Waals surface area contributed by atoms with E-state index >= 15 is 0 Å². The first-order chi connectivity index (χ1) is 5.04. The summed E-state index contributed by atoms with van der Waals surface area (Å²) in [7, 11) is 0. The predicted molar refractivity (Wildman–Crippen MR) is 44.5 cm³/mol. The highest BCUT2D eigenvalue weighted by atomic mass is 35.5. The van der Waals surface area contributed by atoms with Gasteiger partial charge in [0.25, 0.3) is 0 Å². The third kappa shape index (κ3) is 1.37. The normalized spacial score (nSPS) is 10.1. The molecule has 0 aliphatic heterocycles. The number of aryl methyl sites for hydroxylation is 1. The van der Waals surface area contributed by atoms with E-state index in [0.29, 0.717) is 5.56 Å². The Balaban J connectivity index is 3.46. The third-order valence-electron chi connectivity index (χ3n) is 1.35. The average molecular weight is 193 g/mol. The van der Waals surface area contributed by atoms with Gasteiger partial charge in [-0.15, -0.1) is 0 Å². The van der Waals surface area contributed by atoms with Crippen LogP contribution in [-0.2, 0) is 0 Å². The fraction of sp³-hybridized carbons (Fsp3) is 0.143. The molecule has 2 nitrogen and oxygen atoms in total. The molecule has 0 saturated carbocycles. The van der Waals surface area contributed by atoms with Gasteiger partial charge in [-0.25, -0.2) is 0 Å². The molecule has 0 radical (unpaired) electrons. The van der Waals surface area contributed by atoms with Crippen LogP contribution in [0.2, 0.25) is 10.0 Å². The van der Waals surface area contributed by atoms with Crippen LogP contribution in [0.15, 0.2) is 6.07 Å². The topological polar surface area (TPSA) is 40.5 Å². The molecule has 1 rings (SSSR count). The van der Waals surface area contributed by atoms with Crippen molar-refractivity contribution in [1.29, 1.82) is 0 Å². The first kappa shape index (κ1) is 8.50. The van der Waals surface area contributed by atoms with E-state index in [9.17, 15) is 5.11 Å². The summed E-state index contributed by atoms with van der Waals surface area (Å²) in [4.78, 5) is 0. The summed E-state index contributed by atoms with van der Waals surface area (Å²) >= 11 is 11.1. The van der Waals surface area contributed by atoms with Crippen molar-refractivity contribution in [3.8, 4) is 11.5 Å². The zero-order valence-electron chi connectivity index (χ0n) is 5.73. The van der Waals surface area contributed by atoms with Crippen LogP contribution in [0.5, 0.6) is 11.5 Å². The summed E-state index contributed by atoms with van der Waals surface area (Å²) in [5, 5.41) is 18.2. The van der Waals surface area contributed by atoms with E-state index in [0.717, 1.165) is 0 Å². The Labute approximate surface area is 74.0 Å². The molecule has 60 valence electrons. The largest absolute Gasteiger partial charge is 0.506 e. The second kappa shape index (κ2) is 2.80. The van der Waals surface area contributed by atoms with Gasteiger partial charge in [-0.05, 0) is 18.6 Å². The van der Waals surface area contributed by atoms with Crippen molar-refractivity contribution in [3.63, 3.8) is 0 Å². The maximum absolute atomic E-state index is 9.18. The van der Waals surface area contributed by atoms with Crippen LogP contribution in [0.3, 0.4) is 0 Å². The molecule has 0 heterocycles. The van der Waals surface area contributed by atoms with Gasteiger partial charge < -0.3 is 10.2 Å². The monoisotopic (exact) mass is 192 g/mol. The Morgan fingerprint density at radius 3 is 2.27 bits per heavy atom. The number of phenolic OH excluding ortho intramolecular Hbond substituents is 2. The summed E-state index contributed by atoms with van der Waals surface area (Å²) in [6, 6.07) is 1.35. The van der Waals surface area contributed by atoms with Gasteiger partial charge in [0.2, 0.25) is 0 Å². The highest BCUT2D eigenvalue weighted by Gasteiger charge is 2.10. The third-order valence-corrected chi connectivity index (χ3v) is 2.20. The average Bonchev–Trinajstić information content (AvgIpc) is 1.97. The van der Waals surface area contributed by atoms with Crippen LogP contribution >= 0.6 is 23.2 Å². The second-order valence-electron chi connectivity index (χ2n) is 2.19. The van der Waals surface area contributed by atoms with E-state index in [2.05, 4.69) is 0 Å². The number of halogens is 2. The molecule has 2 N–H and O–H groups in total. The molecule has 0 aromatic heterocycles. The van der Waals surface area contributed by atoms with Gasteiger partial charge in [0.1, 0.15) is 21.5 Å². The minimum Gasteiger partial charge on any atom is -0.506 e. The van der Waals surface area contributed by atoms with Gasteiger partial charge >= 0.3 is 0 Å². The first-order valence-corrected chi connectivity index (χ1v) is 3.66. The maximum atomic E-state index is 9.18. The quantitative estimate of drug-likeness (QED) is 0.621. The Hall–Kier alpha value is -0.600. The summed E-state index contributed by atoms with van der Waals surface area (Å²) < 4.78 is 0. The highest BCUT2D eigenvalue weighted by molar-refractivity contribution is 6.43. The van der Waals surface area contributed by atoms with Crippen LogP contribution in [-0.4, -0.2) is 10.2 Å². The molecule has 4 heteroatoms. The summed E-state index contributed by atoms with van der Waals surface area (Å²) in [5.74, 6) is -0.207. The Bertz CT molecular complexity index is 271. The smallest absolute Gasteiger partial charge is 0.138 e. The number of benzene rings is 1. The summed E-state index contributed by atoms with van der Waals surface area (Å²) in [6.07, 6.45) is 0.